The molecule has 0 bridgehead atoms. The molecule has 104 valence electrons. The molecule has 0 fully saturated rings. The topological polar surface area (TPSA) is 26.0 Å². The molecule has 0 saturated carbocycles. The molecular formula is C16H35N. The second-order valence-electron chi connectivity index (χ2n) is 7.07. The van der Waals surface area contributed by atoms with Gasteiger partial charge in [-0.15, -0.1) is 0 Å². The number of unbranched alkanes of at least 4 members (excludes halogenated alkanes) is 4. The molecule has 17 heavy (non-hydrogen) atoms. The molecule has 0 aliphatic rings. The van der Waals surface area contributed by atoms with Crippen LogP contribution in [0.15, 0.2) is 0 Å². The summed E-state index contributed by atoms with van der Waals surface area (Å²) in [6, 6.07) is 0.425. The van der Waals surface area contributed by atoms with Gasteiger partial charge >= 0.3 is 0 Å². The van der Waals surface area contributed by atoms with E-state index in [4.69, 9.17) is 5.73 Å². The Morgan fingerprint density at radius 3 is 2.12 bits per heavy atom. The largest absolute Gasteiger partial charge is 0.328 e. The Hall–Kier alpha value is -0.0400. The van der Waals surface area contributed by atoms with Crippen molar-refractivity contribution in [3.63, 3.8) is 0 Å². The molecule has 0 saturated heterocycles. The highest BCUT2D eigenvalue weighted by Crippen LogP contribution is 2.27. The zero-order valence-corrected chi connectivity index (χ0v) is 12.9. The lowest BCUT2D eigenvalue weighted by atomic mass is 9.82. The van der Waals surface area contributed by atoms with Crippen molar-refractivity contribution < 1.29 is 0 Å². The Kier molecular flexibility index (Phi) is 8.94. The molecule has 0 aliphatic heterocycles. The van der Waals surface area contributed by atoms with Crippen LogP contribution in [-0.2, 0) is 0 Å². The van der Waals surface area contributed by atoms with E-state index in [0.29, 0.717) is 11.5 Å². The first kappa shape index (κ1) is 17.0. The van der Waals surface area contributed by atoms with Crippen LogP contribution >= 0.6 is 0 Å². The van der Waals surface area contributed by atoms with E-state index in [1.807, 2.05) is 0 Å². The van der Waals surface area contributed by atoms with Crippen LogP contribution in [0, 0.1) is 11.3 Å². The van der Waals surface area contributed by atoms with Gasteiger partial charge in [0.1, 0.15) is 0 Å². The summed E-state index contributed by atoms with van der Waals surface area (Å²) in [5, 5.41) is 0. The first-order valence-electron chi connectivity index (χ1n) is 7.60. The fraction of sp³-hybridized carbons (Fsp3) is 1.00. The maximum Gasteiger partial charge on any atom is 0.00413 e. The number of hydrogen-bond donors (Lipinski definition) is 1. The Labute approximate surface area is 110 Å². The van der Waals surface area contributed by atoms with Crippen molar-refractivity contribution in [2.75, 3.05) is 0 Å². The van der Waals surface area contributed by atoms with Crippen LogP contribution in [0.2, 0.25) is 0 Å². The van der Waals surface area contributed by atoms with E-state index in [-0.39, 0.29) is 0 Å². The van der Waals surface area contributed by atoms with Crippen LogP contribution in [0.4, 0.5) is 0 Å². The lowest BCUT2D eigenvalue weighted by Crippen LogP contribution is -2.24. The van der Waals surface area contributed by atoms with E-state index in [2.05, 4.69) is 34.6 Å². The van der Waals surface area contributed by atoms with E-state index < -0.39 is 0 Å². The van der Waals surface area contributed by atoms with Gasteiger partial charge in [0, 0.05) is 6.04 Å². The third kappa shape index (κ3) is 12.2. The van der Waals surface area contributed by atoms with Gasteiger partial charge < -0.3 is 5.73 Å². The fourth-order valence-electron chi connectivity index (χ4n) is 2.77. The smallest absolute Gasteiger partial charge is 0.00413 e. The maximum absolute atomic E-state index is 6.21. The Morgan fingerprint density at radius 2 is 1.59 bits per heavy atom. The van der Waals surface area contributed by atoms with Crippen molar-refractivity contribution in [3.05, 3.63) is 0 Å². The molecule has 1 heteroatoms. The average molecular weight is 241 g/mol. The Balaban J connectivity index is 3.54. The zero-order chi connectivity index (χ0) is 13.3. The van der Waals surface area contributed by atoms with Crippen LogP contribution in [0.5, 0.6) is 0 Å². The summed E-state index contributed by atoms with van der Waals surface area (Å²) in [7, 11) is 0. The van der Waals surface area contributed by atoms with Crippen LogP contribution < -0.4 is 5.73 Å². The summed E-state index contributed by atoms with van der Waals surface area (Å²) in [4.78, 5) is 0. The fourth-order valence-corrected chi connectivity index (χ4v) is 2.77. The summed E-state index contributed by atoms with van der Waals surface area (Å²) in [5.41, 5.74) is 6.65. The lowest BCUT2D eigenvalue weighted by Gasteiger charge is -2.25. The van der Waals surface area contributed by atoms with Crippen molar-refractivity contribution in [1.29, 1.82) is 0 Å². The minimum atomic E-state index is 0.425. The third-order valence-electron chi connectivity index (χ3n) is 3.34. The molecule has 2 N–H and O–H groups in total. The molecule has 0 aromatic rings. The van der Waals surface area contributed by atoms with Gasteiger partial charge in [0.05, 0.1) is 0 Å². The van der Waals surface area contributed by atoms with Gasteiger partial charge in [0.15, 0.2) is 0 Å². The van der Waals surface area contributed by atoms with Crippen molar-refractivity contribution >= 4 is 0 Å². The van der Waals surface area contributed by atoms with Crippen LogP contribution in [0.3, 0.4) is 0 Å². The molecule has 0 aromatic carbocycles. The van der Waals surface area contributed by atoms with Gasteiger partial charge in [-0.25, -0.2) is 0 Å². The monoisotopic (exact) mass is 241 g/mol. The lowest BCUT2D eigenvalue weighted by molar-refractivity contribution is 0.281. The predicted octanol–water partition coefficient (Wildman–Crippen LogP) is 5.14. The van der Waals surface area contributed by atoms with E-state index >= 15 is 0 Å². The van der Waals surface area contributed by atoms with Crippen molar-refractivity contribution in [3.8, 4) is 0 Å². The quantitative estimate of drug-likeness (QED) is 0.556. The van der Waals surface area contributed by atoms with Crippen molar-refractivity contribution in [2.24, 2.45) is 17.1 Å². The average Bonchev–Trinajstić information content (AvgIpc) is 2.14. The van der Waals surface area contributed by atoms with E-state index in [1.54, 1.807) is 0 Å². The molecule has 0 aromatic heterocycles. The third-order valence-corrected chi connectivity index (χ3v) is 3.34. The normalized spacial score (nSPS) is 15.9. The van der Waals surface area contributed by atoms with Crippen molar-refractivity contribution in [2.45, 2.75) is 92.0 Å². The number of rotatable bonds is 9. The number of hydrogen-bond acceptors (Lipinski definition) is 1. The molecule has 2 unspecified atom stereocenters. The summed E-state index contributed by atoms with van der Waals surface area (Å²) >= 11 is 0. The van der Waals surface area contributed by atoms with Gasteiger partial charge in [0.25, 0.3) is 0 Å². The first-order valence-corrected chi connectivity index (χ1v) is 7.60. The van der Waals surface area contributed by atoms with Crippen LogP contribution in [0.25, 0.3) is 0 Å². The second kappa shape index (κ2) is 8.97. The van der Waals surface area contributed by atoms with Gasteiger partial charge in [-0.3, -0.25) is 0 Å². The first-order chi connectivity index (χ1) is 7.85. The highest BCUT2D eigenvalue weighted by molar-refractivity contribution is 4.71. The van der Waals surface area contributed by atoms with Gasteiger partial charge in [-0.05, 0) is 30.6 Å². The summed E-state index contributed by atoms with van der Waals surface area (Å²) in [6.45, 7) is 11.6. The molecule has 0 aliphatic carbocycles. The maximum atomic E-state index is 6.21. The molecule has 1 nitrogen and oxygen atoms in total. The highest BCUT2D eigenvalue weighted by Gasteiger charge is 2.17. The SMILES string of the molecule is CCCCCCCC(N)CC(C)CC(C)(C)C. The van der Waals surface area contributed by atoms with E-state index in [9.17, 15) is 0 Å². The predicted molar refractivity (Wildman–Crippen MR) is 79.2 cm³/mol. The molecule has 0 radical (unpaired) electrons. The summed E-state index contributed by atoms with van der Waals surface area (Å²) in [6.07, 6.45) is 10.5. The van der Waals surface area contributed by atoms with Gasteiger partial charge in [0.2, 0.25) is 0 Å². The van der Waals surface area contributed by atoms with Gasteiger partial charge in [-0.2, -0.15) is 0 Å². The molecule has 2 atom stereocenters. The van der Waals surface area contributed by atoms with Crippen LogP contribution in [0.1, 0.15) is 86.0 Å². The summed E-state index contributed by atoms with van der Waals surface area (Å²) in [5.74, 6) is 0.764. The molecular weight excluding hydrogens is 206 g/mol. The van der Waals surface area contributed by atoms with E-state index in [1.165, 1.54) is 51.4 Å². The van der Waals surface area contributed by atoms with Gasteiger partial charge in [-0.1, -0.05) is 66.7 Å². The molecule has 0 amide bonds. The molecule has 0 spiro atoms. The second-order valence-corrected chi connectivity index (χ2v) is 7.07. The van der Waals surface area contributed by atoms with E-state index in [0.717, 1.165) is 5.92 Å². The van der Waals surface area contributed by atoms with Crippen molar-refractivity contribution in [1.82, 2.24) is 0 Å². The Morgan fingerprint density at radius 1 is 1.00 bits per heavy atom. The highest BCUT2D eigenvalue weighted by atomic mass is 14.6. The minimum Gasteiger partial charge on any atom is -0.328 e. The summed E-state index contributed by atoms with van der Waals surface area (Å²) < 4.78 is 0. The molecule has 0 rings (SSSR count). The van der Waals surface area contributed by atoms with Crippen LogP contribution in [-0.4, -0.2) is 6.04 Å². The standard InChI is InChI=1S/C16H35N/c1-6-7-8-9-10-11-15(17)12-14(2)13-16(3,4)5/h14-15H,6-13,17H2,1-5H3. The number of nitrogens with two attached hydrogens (primary N) is 1. The molecule has 0 heterocycles. The Bertz CT molecular complexity index is 169. The minimum absolute atomic E-state index is 0.425. The zero-order valence-electron chi connectivity index (χ0n) is 12.9.